The van der Waals surface area contributed by atoms with Crippen molar-refractivity contribution in [1.82, 2.24) is 5.32 Å². The van der Waals surface area contributed by atoms with Crippen LogP contribution >= 0.6 is 0 Å². The molecule has 0 saturated carbocycles. The first-order chi connectivity index (χ1) is 9.56. The number of hydrogen-bond acceptors (Lipinski definition) is 1. The summed E-state index contributed by atoms with van der Waals surface area (Å²) in [4.78, 5) is 0. The zero-order valence-electron chi connectivity index (χ0n) is 15.0. The molecule has 2 atom stereocenters. The quantitative estimate of drug-likeness (QED) is 0.383. The number of rotatable bonds is 14. The van der Waals surface area contributed by atoms with Crippen LogP contribution in [-0.4, -0.2) is 13.1 Å². The van der Waals surface area contributed by atoms with E-state index in [0.29, 0.717) is 0 Å². The summed E-state index contributed by atoms with van der Waals surface area (Å²) in [6.45, 7) is 14.2. The lowest BCUT2D eigenvalue weighted by atomic mass is 9.92. The van der Waals surface area contributed by atoms with E-state index in [1.807, 2.05) is 0 Å². The van der Waals surface area contributed by atoms with Gasteiger partial charge in [-0.05, 0) is 43.7 Å². The summed E-state index contributed by atoms with van der Waals surface area (Å²) in [6.07, 6.45) is 12.5. The molecule has 0 bridgehead atoms. The van der Waals surface area contributed by atoms with E-state index in [1.165, 1.54) is 70.9 Å². The van der Waals surface area contributed by atoms with Crippen LogP contribution in [0.4, 0.5) is 0 Å². The minimum Gasteiger partial charge on any atom is -0.317 e. The molecule has 0 aliphatic heterocycles. The molecule has 0 amide bonds. The fraction of sp³-hybridized carbons (Fsp3) is 1.00. The van der Waals surface area contributed by atoms with E-state index in [4.69, 9.17) is 0 Å². The van der Waals surface area contributed by atoms with E-state index in [0.717, 1.165) is 17.8 Å². The van der Waals surface area contributed by atoms with Gasteiger partial charge in [0.15, 0.2) is 0 Å². The van der Waals surface area contributed by atoms with Crippen LogP contribution in [0.25, 0.3) is 0 Å². The van der Waals surface area contributed by atoms with Crippen LogP contribution in [0.15, 0.2) is 0 Å². The number of unbranched alkanes of at least 4 members (excludes halogenated alkanes) is 1. The first kappa shape index (κ1) is 20.0. The van der Waals surface area contributed by atoms with E-state index in [9.17, 15) is 0 Å². The Hall–Kier alpha value is -0.0400. The van der Waals surface area contributed by atoms with Crippen LogP contribution in [0.5, 0.6) is 0 Å². The van der Waals surface area contributed by atoms with Gasteiger partial charge in [0.05, 0.1) is 0 Å². The van der Waals surface area contributed by atoms with Crippen molar-refractivity contribution >= 4 is 0 Å². The third kappa shape index (κ3) is 14.4. The van der Waals surface area contributed by atoms with Gasteiger partial charge in [0.2, 0.25) is 0 Å². The van der Waals surface area contributed by atoms with Crippen LogP contribution in [0.3, 0.4) is 0 Å². The third-order valence-electron chi connectivity index (χ3n) is 4.39. The molecular weight excluding hydrogens is 242 g/mol. The molecule has 0 heterocycles. The highest BCUT2D eigenvalue weighted by atomic mass is 14.8. The molecule has 1 heteroatoms. The van der Waals surface area contributed by atoms with Crippen molar-refractivity contribution in [2.75, 3.05) is 13.1 Å². The van der Waals surface area contributed by atoms with Gasteiger partial charge in [-0.15, -0.1) is 0 Å². The van der Waals surface area contributed by atoms with Crippen molar-refractivity contribution in [2.45, 2.75) is 92.4 Å². The molecule has 0 rings (SSSR count). The predicted octanol–water partition coefficient (Wildman–Crippen LogP) is 6.04. The lowest BCUT2D eigenvalue weighted by Gasteiger charge is -2.15. The zero-order valence-corrected chi connectivity index (χ0v) is 15.0. The maximum atomic E-state index is 3.55. The molecule has 0 aliphatic rings. The highest BCUT2D eigenvalue weighted by Crippen LogP contribution is 2.20. The van der Waals surface area contributed by atoms with Crippen LogP contribution in [0.1, 0.15) is 92.4 Å². The molecule has 20 heavy (non-hydrogen) atoms. The minimum atomic E-state index is 0.877. The van der Waals surface area contributed by atoms with E-state index in [1.54, 1.807) is 0 Å². The highest BCUT2D eigenvalue weighted by molar-refractivity contribution is 4.60. The van der Waals surface area contributed by atoms with Gasteiger partial charge in [-0.1, -0.05) is 79.6 Å². The zero-order chi connectivity index (χ0) is 15.2. The summed E-state index contributed by atoms with van der Waals surface area (Å²) < 4.78 is 0. The van der Waals surface area contributed by atoms with Crippen molar-refractivity contribution in [3.63, 3.8) is 0 Å². The van der Waals surface area contributed by atoms with E-state index >= 15 is 0 Å². The molecule has 0 aromatic carbocycles. The Morgan fingerprint density at radius 2 is 1.20 bits per heavy atom. The molecule has 1 nitrogen and oxygen atoms in total. The average molecular weight is 284 g/mol. The molecule has 0 saturated heterocycles. The smallest absolute Gasteiger partial charge is 0.00464 e. The maximum Gasteiger partial charge on any atom is -0.00464 e. The standard InChI is InChI=1S/C19H41N/c1-6-7-15-20-16-14-19(5)13-9-12-18(4)11-8-10-17(2)3/h17-20H,6-16H2,1-5H3. The Morgan fingerprint density at radius 1 is 0.650 bits per heavy atom. The van der Waals surface area contributed by atoms with Gasteiger partial charge in [0, 0.05) is 0 Å². The molecule has 0 spiro atoms. The molecule has 0 aliphatic carbocycles. The van der Waals surface area contributed by atoms with E-state index in [2.05, 4.69) is 39.9 Å². The second-order valence-electron chi connectivity index (χ2n) is 7.36. The lowest BCUT2D eigenvalue weighted by Crippen LogP contribution is -2.18. The SMILES string of the molecule is CCCCNCCC(C)CCCC(C)CCCC(C)C. The van der Waals surface area contributed by atoms with Gasteiger partial charge >= 0.3 is 0 Å². The van der Waals surface area contributed by atoms with E-state index in [-0.39, 0.29) is 0 Å². The second kappa shape index (κ2) is 13.9. The molecule has 0 aromatic rings. The monoisotopic (exact) mass is 283 g/mol. The van der Waals surface area contributed by atoms with E-state index < -0.39 is 0 Å². The van der Waals surface area contributed by atoms with Gasteiger partial charge in [-0.3, -0.25) is 0 Å². The predicted molar refractivity (Wildman–Crippen MR) is 93.3 cm³/mol. The molecule has 0 fully saturated rings. The summed E-state index contributed by atoms with van der Waals surface area (Å²) >= 11 is 0. The second-order valence-corrected chi connectivity index (χ2v) is 7.36. The Kier molecular flexibility index (Phi) is 13.9. The van der Waals surface area contributed by atoms with Gasteiger partial charge in [-0.2, -0.15) is 0 Å². The van der Waals surface area contributed by atoms with Gasteiger partial charge < -0.3 is 5.32 Å². The molecule has 2 unspecified atom stereocenters. The first-order valence-corrected chi connectivity index (χ1v) is 9.26. The van der Waals surface area contributed by atoms with Gasteiger partial charge in [-0.25, -0.2) is 0 Å². The van der Waals surface area contributed by atoms with Gasteiger partial charge in [0.25, 0.3) is 0 Å². The Bertz CT molecular complexity index is 188. The fourth-order valence-corrected chi connectivity index (χ4v) is 2.75. The summed E-state index contributed by atoms with van der Waals surface area (Å²) in [5.74, 6) is 2.71. The normalized spacial score (nSPS) is 14.7. The maximum absolute atomic E-state index is 3.55. The summed E-state index contributed by atoms with van der Waals surface area (Å²) in [5, 5.41) is 3.55. The lowest BCUT2D eigenvalue weighted by molar-refractivity contribution is 0.389. The molecule has 0 radical (unpaired) electrons. The number of hydrogen-bond donors (Lipinski definition) is 1. The average Bonchev–Trinajstić information content (AvgIpc) is 2.38. The van der Waals surface area contributed by atoms with Crippen molar-refractivity contribution in [1.29, 1.82) is 0 Å². The van der Waals surface area contributed by atoms with Crippen molar-refractivity contribution in [3.8, 4) is 0 Å². The highest BCUT2D eigenvalue weighted by Gasteiger charge is 2.06. The van der Waals surface area contributed by atoms with Crippen LogP contribution < -0.4 is 5.32 Å². The Balaban J connectivity index is 3.34. The summed E-state index contributed by atoms with van der Waals surface area (Å²) in [6, 6.07) is 0. The first-order valence-electron chi connectivity index (χ1n) is 9.26. The topological polar surface area (TPSA) is 12.0 Å². The fourth-order valence-electron chi connectivity index (χ4n) is 2.75. The van der Waals surface area contributed by atoms with Crippen LogP contribution in [-0.2, 0) is 0 Å². The Labute approximate surface area is 129 Å². The summed E-state index contributed by atoms with van der Waals surface area (Å²) in [7, 11) is 0. The summed E-state index contributed by atoms with van der Waals surface area (Å²) in [5.41, 5.74) is 0. The molecular formula is C19H41N. The van der Waals surface area contributed by atoms with Crippen molar-refractivity contribution in [2.24, 2.45) is 17.8 Å². The van der Waals surface area contributed by atoms with Crippen molar-refractivity contribution < 1.29 is 0 Å². The molecule has 0 aromatic heterocycles. The van der Waals surface area contributed by atoms with Crippen LogP contribution in [0, 0.1) is 17.8 Å². The van der Waals surface area contributed by atoms with Crippen LogP contribution in [0.2, 0.25) is 0 Å². The number of nitrogens with one attached hydrogen (secondary N) is 1. The molecule has 122 valence electrons. The minimum absolute atomic E-state index is 0.877. The van der Waals surface area contributed by atoms with Crippen molar-refractivity contribution in [3.05, 3.63) is 0 Å². The Morgan fingerprint density at radius 3 is 1.75 bits per heavy atom. The largest absolute Gasteiger partial charge is 0.317 e. The molecule has 1 N–H and O–H groups in total. The third-order valence-corrected chi connectivity index (χ3v) is 4.39. The van der Waals surface area contributed by atoms with Gasteiger partial charge in [0.1, 0.15) is 0 Å².